The van der Waals surface area contributed by atoms with Gasteiger partial charge in [0.25, 0.3) is 5.91 Å². The van der Waals surface area contributed by atoms with E-state index >= 15 is 0 Å². The molecule has 0 bridgehead atoms. The van der Waals surface area contributed by atoms with Gasteiger partial charge in [-0.25, -0.2) is 12.8 Å². The van der Waals surface area contributed by atoms with Gasteiger partial charge in [0.2, 0.25) is 5.91 Å². The number of amides is 2. The lowest BCUT2D eigenvalue weighted by molar-refractivity contribution is -0.150. The molecule has 45 heavy (non-hydrogen) atoms. The number of nitrogens with one attached hydrogen (secondary N) is 1. The number of ether oxygens (including phenoxy) is 1. The number of benzene rings is 2. The molecule has 0 aliphatic carbocycles. The molecule has 1 atom stereocenters. The van der Waals surface area contributed by atoms with Crippen molar-refractivity contribution in [2.75, 3.05) is 55.8 Å². The number of halogens is 1. The summed E-state index contributed by atoms with van der Waals surface area (Å²) in [5.41, 5.74) is 5.93. The molecule has 3 saturated heterocycles. The van der Waals surface area contributed by atoms with Gasteiger partial charge in [0, 0.05) is 32.4 Å². The number of piperazine rings is 1. The van der Waals surface area contributed by atoms with E-state index in [0.717, 1.165) is 33.5 Å². The molecule has 9 nitrogen and oxygen atoms in total. The Kier molecular flexibility index (Phi) is 9.00. The van der Waals surface area contributed by atoms with E-state index < -0.39 is 9.84 Å². The van der Waals surface area contributed by atoms with E-state index in [9.17, 15) is 22.4 Å². The second kappa shape index (κ2) is 13.1. The number of sulfone groups is 1. The van der Waals surface area contributed by atoms with Crippen molar-refractivity contribution >= 4 is 32.9 Å². The van der Waals surface area contributed by atoms with Gasteiger partial charge in [0.15, 0.2) is 9.84 Å². The molecule has 4 heterocycles. The Bertz CT molecular complexity index is 1680. The topological polar surface area (TPSA) is 109 Å². The third-order valence-corrected chi connectivity index (χ3v) is 10.5. The summed E-state index contributed by atoms with van der Waals surface area (Å²) in [5, 5.41) is 3.07. The van der Waals surface area contributed by atoms with E-state index in [1.165, 1.54) is 12.1 Å². The van der Waals surface area contributed by atoms with Gasteiger partial charge in [-0.2, -0.15) is 0 Å². The first-order chi connectivity index (χ1) is 21.7. The van der Waals surface area contributed by atoms with Gasteiger partial charge < -0.3 is 19.9 Å². The minimum atomic E-state index is -3.05. The molecule has 0 unspecified atom stereocenters. The second-order valence-electron chi connectivity index (χ2n) is 11.9. The molecule has 0 saturated carbocycles. The van der Waals surface area contributed by atoms with Crippen molar-refractivity contribution in [1.82, 2.24) is 15.2 Å². The summed E-state index contributed by atoms with van der Waals surface area (Å²) in [5.74, 6) is -0.217. The number of aromatic nitrogens is 1. The fourth-order valence-corrected chi connectivity index (χ4v) is 7.39. The number of carbonyl (C=O) groups is 2. The average molecular weight is 633 g/mol. The third-order valence-electron chi connectivity index (χ3n) is 8.89. The van der Waals surface area contributed by atoms with Crippen LogP contribution in [-0.4, -0.2) is 81.0 Å². The Balaban J connectivity index is 1.12. The minimum absolute atomic E-state index is 0.0182. The van der Waals surface area contributed by atoms with Gasteiger partial charge in [-0.15, -0.1) is 0 Å². The first-order valence-electron chi connectivity index (χ1n) is 15.3. The zero-order valence-electron chi connectivity index (χ0n) is 25.2. The van der Waals surface area contributed by atoms with Crippen LogP contribution in [0.5, 0.6) is 0 Å². The molecule has 2 aromatic carbocycles. The van der Waals surface area contributed by atoms with Crippen LogP contribution in [0.15, 0.2) is 72.6 Å². The number of pyridine rings is 1. The zero-order valence-corrected chi connectivity index (χ0v) is 26.1. The van der Waals surface area contributed by atoms with Crippen molar-refractivity contribution in [3.63, 3.8) is 0 Å². The van der Waals surface area contributed by atoms with Crippen LogP contribution in [0.1, 0.15) is 52.9 Å². The number of nitrogens with zero attached hydrogens (tertiary/aromatic N) is 3. The lowest BCUT2D eigenvalue weighted by Gasteiger charge is -2.39. The highest BCUT2D eigenvalue weighted by Gasteiger charge is 2.32. The normalized spacial score (nSPS) is 19.0. The van der Waals surface area contributed by atoms with Crippen LogP contribution in [0.4, 0.5) is 10.1 Å². The van der Waals surface area contributed by atoms with Crippen LogP contribution in [0.25, 0.3) is 5.57 Å². The molecule has 6 rings (SSSR count). The summed E-state index contributed by atoms with van der Waals surface area (Å²) in [7, 11) is -3.05. The second-order valence-corrected chi connectivity index (χ2v) is 14.2. The van der Waals surface area contributed by atoms with Gasteiger partial charge in [-0.3, -0.25) is 14.6 Å². The molecule has 1 N–H and O–H groups in total. The lowest BCUT2D eigenvalue weighted by atomic mass is 9.89. The molecule has 3 aliphatic heterocycles. The molecule has 3 aliphatic rings. The third kappa shape index (κ3) is 7.10. The Morgan fingerprint density at radius 1 is 0.911 bits per heavy atom. The Morgan fingerprint density at radius 3 is 2.13 bits per heavy atom. The van der Waals surface area contributed by atoms with E-state index in [4.69, 9.17) is 4.74 Å². The maximum Gasteiger partial charge on any atom is 0.253 e. The van der Waals surface area contributed by atoms with E-state index in [1.807, 2.05) is 42.2 Å². The highest BCUT2D eigenvalue weighted by atomic mass is 32.2. The van der Waals surface area contributed by atoms with Crippen LogP contribution >= 0.6 is 0 Å². The minimum Gasteiger partial charge on any atom is -0.380 e. The molecule has 3 fully saturated rings. The van der Waals surface area contributed by atoms with Crippen molar-refractivity contribution in [2.24, 2.45) is 5.92 Å². The molecule has 2 amide bonds. The predicted octanol–water partition coefficient (Wildman–Crippen LogP) is 4.02. The lowest BCUT2D eigenvalue weighted by Crippen LogP contribution is -2.53. The number of rotatable bonds is 7. The molecule has 0 spiro atoms. The maximum absolute atomic E-state index is 13.7. The van der Waals surface area contributed by atoms with Crippen molar-refractivity contribution in [1.29, 1.82) is 0 Å². The van der Waals surface area contributed by atoms with E-state index in [-0.39, 0.29) is 41.1 Å². The predicted molar refractivity (Wildman–Crippen MR) is 170 cm³/mol. The number of allylic oxidation sites excluding steroid dienone is 1. The fraction of sp³-hybridized carbons (Fsp3) is 0.382. The van der Waals surface area contributed by atoms with Crippen molar-refractivity contribution in [2.45, 2.75) is 25.8 Å². The summed E-state index contributed by atoms with van der Waals surface area (Å²) >= 11 is 0. The van der Waals surface area contributed by atoms with Crippen LogP contribution in [0, 0.1) is 11.7 Å². The van der Waals surface area contributed by atoms with Gasteiger partial charge in [0.05, 0.1) is 54.1 Å². The first-order valence-corrected chi connectivity index (χ1v) is 17.1. The summed E-state index contributed by atoms with van der Waals surface area (Å²) in [4.78, 5) is 34.1. The van der Waals surface area contributed by atoms with E-state index in [0.29, 0.717) is 57.8 Å². The molecule has 0 radical (unpaired) electrons. The average Bonchev–Trinajstić information content (AvgIpc) is 3.02. The molecule has 236 valence electrons. The summed E-state index contributed by atoms with van der Waals surface area (Å²) in [6.07, 6.45) is 4.18. The fourth-order valence-electron chi connectivity index (χ4n) is 6.07. The zero-order chi connectivity index (χ0) is 31.6. The monoisotopic (exact) mass is 632 g/mol. The van der Waals surface area contributed by atoms with E-state index in [1.54, 1.807) is 24.5 Å². The summed E-state index contributed by atoms with van der Waals surface area (Å²) in [6, 6.07) is 15.7. The highest BCUT2D eigenvalue weighted by molar-refractivity contribution is 7.91. The van der Waals surface area contributed by atoms with Crippen LogP contribution < -0.4 is 10.2 Å². The molecular weight excluding hydrogens is 595 g/mol. The quantitative estimate of drug-likeness (QED) is 0.419. The maximum atomic E-state index is 13.7. The van der Waals surface area contributed by atoms with Crippen LogP contribution in [0.2, 0.25) is 0 Å². The van der Waals surface area contributed by atoms with Gasteiger partial charge in [0.1, 0.15) is 5.82 Å². The number of hydrogen-bond donors (Lipinski definition) is 1. The SMILES string of the molecule is C[C@@H](NC(=O)c1cncc(N2CCN(C(=O)C3COC3)CC2)c1)c1ccc(C(=C2CCS(=O)(=O)CC2)c2ccc(F)cc2)cc1. The molecule has 11 heteroatoms. The summed E-state index contributed by atoms with van der Waals surface area (Å²) in [6.45, 7) is 5.51. The Labute approximate surface area is 263 Å². The first kappa shape index (κ1) is 30.9. The van der Waals surface area contributed by atoms with Crippen molar-refractivity contribution < 1.29 is 27.1 Å². The number of anilines is 1. The molecule has 1 aromatic heterocycles. The van der Waals surface area contributed by atoms with Crippen LogP contribution in [0.3, 0.4) is 0 Å². The number of carbonyl (C=O) groups excluding carboxylic acids is 2. The van der Waals surface area contributed by atoms with Crippen molar-refractivity contribution in [3.8, 4) is 0 Å². The smallest absolute Gasteiger partial charge is 0.253 e. The van der Waals surface area contributed by atoms with Gasteiger partial charge in [-0.05, 0) is 60.2 Å². The van der Waals surface area contributed by atoms with Crippen LogP contribution in [-0.2, 0) is 19.4 Å². The van der Waals surface area contributed by atoms with E-state index in [2.05, 4.69) is 15.2 Å². The van der Waals surface area contributed by atoms with Gasteiger partial charge >= 0.3 is 0 Å². The Hall–Kier alpha value is -4.09. The molecular formula is C34H37FN4O5S. The van der Waals surface area contributed by atoms with Crippen molar-refractivity contribution in [3.05, 3.63) is 101 Å². The molecule has 3 aromatic rings. The number of hydrogen-bond acceptors (Lipinski definition) is 7. The van der Waals surface area contributed by atoms with Gasteiger partial charge in [-0.1, -0.05) is 42.0 Å². The summed E-state index contributed by atoms with van der Waals surface area (Å²) < 4.78 is 43.0. The highest BCUT2D eigenvalue weighted by Crippen LogP contribution is 2.34. The largest absolute Gasteiger partial charge is 0.380 e. The standard InChI is InChI=1S/C34H37FN4O5S/c1-23(37-33(40)28-18-31(20-36-19-28)38-12-14-39(15-13-38)34(41)29-21-44-22-29)24-2-4-25(5-3-24)32(26-6-8-30(35)9-7-26)27-10-16-45(42,43)17-11-27/h2-9,18-20,23,29H,10-17,21-22H2,1H3,(H,37,40)/t23-/m1/s1. The Morgan fingerprint density at radius 2 is 1.53 bits per heavy atom.